The fourth-order valence-electron chi connectivity index (χ4n) is 3.66. The molecule has 5 nitrogen and oxygen atoms in total. The molecule has 0 bridgehead atoms. The lowest BCUT2D eigenvalue weighted by Crippen LogP contribution is -2.29. The van der Waals surface area contributed by atoms with Crippen molar-refractivity contribution >= 4 is 17.3 Å². The molecule has 0 aliphatic carbocycles. The zero-order valence-corrected chi connectivity index (χ0v) is 16.1. The molecule has 0 radical (unpaired) electrons. The van der Waals surface area contributed by atoms with Gasteiger partial charge in [-0.3, -0.25) is 14.8 Å². The van der Waals surface area contributed by atoms with Crippen LogP contribution in [0.15, 0.2) is 67.3 Å². The molecule has 1 aliphatic rings. The molecule has 0 N–H and O–H groups in total. The van der Waals surface area contributed by atoms with E-state index in [2.05, 4.69) is 39.1 Å². The van der Waals surface area contributed by atoms with Crippen molar-refractivity contribution in [2.45, 2.75) is 19.3 Å². The number of hydrogen-bond acceptors (Lipinski definition) is 4. The number of amides is 1. The molecule has 1 aliphatic heterocycles. The van der Waals surface area contributed by atoms with Crippen molar-refractivity contribution < 1.29 is 4.79 Å². The first kappa shape index (κ1) is 18.2. The van der Waals surface area contributed by atoms with Crippen LogP contribution in [0.25, 0.3) is 0 Å². The van der Waals surface area contributed by atoms with Crippen LogP contribution in [-0.4, -0.2) is 40.9 Å². The molecule has 0 saturated carbocycles. The summed E-state index contributed by atoms with van der Waals surface area (Å²) < 4.78 is 0. The number of likely N-dealkylation sites (N-methyl/N-ethyl adjacent to an activating group) is 1. The van der Waals surface area contributed by atoms with E-state index < -0.39 is 0 Å². The minimum atomic E-state index is -0.00583. The van der Waals surface area contributed by atoms with Crippen LogP contribution in [0.2, 0.25) is 0 Å². The van der Waals surface area contributed by atoms with Crippen molar-refractivity contribution in [2.24, 2.45) is 0 Å². The fraction of sp³-hybridized carbons (Fsp3) is 0.261. The topological polar surface area (TPSA) is 49.3 Å². The summed E-state index contributed by atoms with van der Waals surface area (Å²) in [6, 6.07) is 14.4. The summed E-state index contributed by atoms with van der Waals surface area (Å²) in [5.41, 5.74) is 5.33. The molecule has 3 aromatic rings. The predicted molar refractivity (Wildman–Crippen MR) is 111 cm³/mol. The number of nitrogens with zero attached hydrogens (tertiary/aromatic N) is 4. The van der Waals surface area contributed by atoms with Gasteiger partial charge in [-0.25, -0.2) is 0 Å². The lowest BCUT2D eigenvalue weighted by Gasteiger charge is -2.31. The van der Waals surface area contributed by atoms with Gasteiger partial charge in [0.2, 0.25) is 0 Å². The van der Waals surface area contributed by atoms with Gasteiger partial charge in [0.25, 0.3) is 5.91 Å². The largest absolute Gasteiger partial charge is 0.341 e. The van der Waals surface area contributed by atoms with E-state index in [0.717, 1.165) is 31.5 Å². The number of anilines is 2. The molecule has 1 aromatic carbocycles. The van der Waals surface area contributed by atoms with E-state index in [9.17, 15) is 4.79 Å². The summed E-state index contributed by atoms with van der Waals surface area (Å²) >= 11 is 0. The van der Waals surface area contributed by atoms with Crippen molar-refractivity contribution in [3.05, 3.63) is 83.9 Å². The third-order valence-electron chi connectivity index (χ3n) is 5.22. The molecule has 0 fully saturated rings. The average molecular weight is 372 g/mol. The smallest absolute Gasteiger partial charge is 0.255 e. The summed E-state index contributed by atoms with van der Waals surface area (Å²) in [5, 5.41) is 0. The second-order valence-electron chi connectivity index (χ2n) is 7.15. The highest BCUT2D eigenvalue weighted by Gasteiger charge is 2.20. The van der Waals surface area contributed by atoms with Crippen LogP contribution in [-0.2, 0) is 12.8 Å². The van der Waals surface area contributed by atoms with Crippen molar-refractivity contribution in [1.29, 1.82) is 0 Å². The van der Waals surface area contributed by atoms with Gasteiger partial charge in [-0.15, -0.1) is 0 Å². The quantitative estimate of drug-likeness (QED) is 0.682. The van der Waals surface area contributed by atoms with Crippen LogP contribution >= 0.6 is 0 Å². The lowest BCUT2D eigenvalue weighted by molar-refractivity contribution is 0.0796. The van der Waals surface area contributed by atoms with E-state index in [1.54, 1.807) is 23.5 Å². The van der Waals surface area contributed by atoms with E-state index in [0.29, 0.717) is 12.1 Å². The Hall–Kier alpha value is -3.21. The summed E-state index contributed by atoms with van der Waals surface area (Å²) in [5.74, 6) is -0.00583. The normalized spacial score (nSPS) is 13.1. The molecule has 0 unspecified atom stereocenters. The van der Waals surface area contributed by atoms with E-state index in [4.69, 9.17) is 0 Å². The molecule has 0 atom stereocenters. The first-order valence-electron chi connectivity index (χ1n) is 9.67. The number of fused-ring (bicyclic) bond motifs is 1. The second-order valence-corrected chi connectivity index (χ2v) is 7.15. The van der Waals surface area contributed by atoms with Crippen molar-refractivity contribution in [2.75, 3.05) is 25.0 Å². The standard InChI is InChI=1S/C23H24N4O/c1-26(14-10-18-8-11-24-12-9-18)23(28)20-15-21(17-25-16-20)27-13-4-6-19-5-2-3-7-22(19)27/h2-3,5,7-9,11-12,15-17H,4,6,10,13-14H2,1H3. The number of carbonyl (C=O) groups excluding carboxylic acids is 1. The number of pyridine rings is 2. The summed E-state index contributed by atoms with van der Waals surface area (Å²) in [4.78, 5) is 25.3. The summed E-state index contributed by atoms with van der Waals surface area (Å²) in [6.45, 7) is 1.59. The van der Waals surface area contributed by atoms with Gasteiger partial charge in [-0.1, -0.05) is 18.2 Å². The number of hydrogen-bond donors (Lipinski definition) is 0. The maximum absolute atomic E-state index is 12.9. The molecular formula is C23H24N4O. The molecule has 5 heteroatoms. The van der Waals surface area contributed by atoms with E-state index in [-0.39, 0.29) is 5.91 Å². The fourth-order valence-corrected chi connectivity index (χ4v) is 3.66. The van der Waals surface area contributed by atoms with Crippen molar-refractivity contribution in [3.63, 3.8) is 0 Å². The Morgan fingerprint density at radius 1 is 1.11 bits per heavy atom. The zero-order valence-electron chi connectivity index (χ0n) is 16.1. The number of aromatic nitrogens is 2. The third-order valence-corrected chi connectivity index (χ3v) is 5.22. The lowest BCUT2D eigenvalue weighted by atomic mass is 10.0. The van der Waals surface area contributed by atoms with Gasteiger partial charge in [-0.2, -0.15) is 0 Å². The van der Waals surface area contributed by atoms with E-state index in [1.807, 2.05) is 31.4 Å². The predicted octanol–water partition coefficient (Wildman–Crippen LogP) is 3.88. The second kappa shape index (κ2) is 8.21. The Bertz CT molecular complexity index is 958. The van der Waals surface area contributed by atoms with E-state index in [1.165, 1.54) is 16.8 Å². The molecule has 4 rings (SSSR count). The van der Waals surface area contributed by atoms with Gasteiger partial charge in [0, 0.05) is 44.4 Å². The van der Waals surface area contributed by atoms with Crippen LogP contribution in [0.4, 0.5) is 11.4 Å². The highest BCUT2D eigenvalue weighted by Crippen LogP contribution is 2.33. The molecule has 2 aromatic heterocycles. The number of aryl methyl sites for hydroxylation is 1. The van der Waals surface area contributed by atoms with Crippen LogP contribution < -0.4 is 4.90 Å². The molecule has 142 valence electrons. The molecule has 1 amide bonds. The summed E-state index contributed by atoms with van der Waals surface area (Å²) in [7, 11) is 1.84. The van der Waals surface area contributed by atoms with Gasteiger partial charge in [0.05, 0.1) is 17.4 Å². The SMILES string of the molecule is CN(CCc1ccncc1)C(=O)c1cncc(N2CCCc3ccccc32)c1. The highest BCUT2D eigenvalue weighted by molar-refractivity contribution is 5.95. The number of para-hydroxylation sites is 1. The van der Waals surface area contributed by atoms with Crippen molar-refractivity contribution in [3.8, 4) is 0 Å². The minimum Gasteiger partial charge on any atom is -0.341 e. The average Bonchev–Trinajstić information content (AvgIpc) is 2.77. The highest BCUT2D eigenvalue weighted by atomic mass is 16.2. The summed E-state index contributed by atoms with van der Waals surface area (Å²) in [6.07, 6.45) is 10.1. The zero-order chi connectivity index (χ0) is 19.3. The number of carbonyl (C=O) groups is 1. The minimum absolute atomic E-state index is 0.00583. The van der Waals surface area contributed by atoms with Gasteiger partial charge in [0.15, 0.2) is 0 Å². The third kappa shape index (κ3) is 3.88. The molecule has 3 heterocycles. The van der Waals surface area contributed by atoms with Crippen LogP contribution in [0, 0.1) is 0 Å². The number of rotatable bonds is 5. The van der Waals surface area contributed by atoms with Gasteiger partial charge in [-0.05, 0) is 54.7 Å². The van der Waals surface area contributed by atoms with Crippen LogP contribution in [0.5, 0.6) is 0 Å². The number of benzene rings is 1. The molecular weight excluding hydrogens is 348 g/mol. The van der Waals surface area contributed by atoms with Crippen LogP contribution in [0.1, 0.15) is 27.9 Å². The van der Waals surface area contributed by atoms with Gasteiger partial charge in [0.1, 0.15) is 0 Å². The van der Waals surface area contributed by atoms with Gasteiger partial charge >= 0.3 is 0 Å². The maximum atomic E-state index is 12.9. The molecule has 0 saturated heterocycles. The Labute approximate surface area is 165 Å². The van der Waals surface area contributed by atoms with E-state index >= 15 is 0 Å². The van der Waals surface area contributed by atoms with Crippen LogP contribution in [0.3, 0.4) is 0 Å². The molecule has 28 heavy (non-hydrogen) atoms. The first-order chi connectivity index (χ1) is 13.7. The molecule has 0 spiro atoms. The Kier molecular flexibility index (Phi) is 5.33. The van der Waals surface area contributed by atoms with Crippen molar-refractivity contribution in [1.82, 2.24) is 14.9 Å². The maximum Gasteiger partial charge on any atom is 0.255 e. The first-order valence-corrected chi connectivity index (χ1v) is 9.67. The monoisotopic (exact) mass is 372 g/mol. The Morgan fingerprint density at radius 3 is 2.79 bits per heavy atom. The Morgan fingerprint density at radius 2 is 1.93 bits per heavy atom. The Balaban J connectivity index is 1.50. The van der Waals surface area contributed by atoms with Gasteiger partial charge < -0.3 is 9.80 Å².